The van der Waals surface area contributed by atoms with E-state index in [-0.39, 0.29) is 0 Å². The van der Waals surface area contributed by atoms with Crippen molar-refractivity contribution in [1.29, 1.82) is 0 Å². The lowest BCUT2D eigenvalue weighted by atomic mass is 9.90. The van der Waals surface area contributed by atoms with Gasteiger partial charge in [0, 0.05) is 11.4 Å². The summed E-state index contributed by atoms with van der Waals surface area (Å²) in [6.07, 6.45) is 3.61. The number of benzene rings is 1. The highest BCUT2D eigenvalue weighted by atomic mass is 32.1. The highest BCUT2D eigenvalue weighted by Crippen LogP contribution is 2.25. The molecule has 0 fully saturated rings. The van der Waals surface area contributed by atoms with Crippen molar-refractivity contribution in [3.05, 3.63) is 57.8 Å². The topological polar surface area (TPSA) is 12.0 Å². The van der Waals surface area contributed by atoms with Gasteiger partial charge >= 0.3 is 0 Å². The number of nitrogens with one attached hydrogen (secondary N) is 1. The van der Waals surface area contributed by atoms with Crippen molar-refractivity contribution in [2.45, 2.75) is 39.0 Å². The van der Waals surface area contributed by atoms with Crippen molar-refractivity contribution in [2.75, 3.05) is 13.1 Å². The summed E-state index contributed by atoms with van der Waals surface area (Å²) in [6.45, 7) is 6.65. The van der Waals surface area contributed by atoms with E-state index < -0.39 is 0 Å². The maximum absolute atomic E-state index is 3.59. The molecule has 1 N–H and O–H groups in total. The van der Waals surface area contributed by atoms with Gasteiger partial charge in [-0.1, -0.05) is 37.3 Å². The Labute approximate surface area is 127 Å². The second-order valence-corrected chi connectivity index (χ2v) is 6.41. The lowest BCUT2D eigenvalue weighted by Gasteiger charge is -2.20. The van der Waals surface area contributed by atoms with Gasteiger partial charge < -0.3 is 5.32 Å². The Bertz CT molecular complexity index is 490. The summed E-state index contributed by atoms with van der Waals surface area (Å²) in [5.41, 5.74) is 2.93. The summed E-state index contributed by atoms with van der Waals surface area (Å²) in [4.78, 5) is 1.50. The molecule has 1 aromatic carbocycles. The number of hydrogen-bond donors (Lipinski definition) is 1. The van der Waals surface area contributed by atoms with Gasteiger partial charge in [-0.05, 0) is 61.2 Å². The Morgan fingerprint density at radius 1 is 1.15 bits per heavy atom. The van der Waals surface area contributed by atoms with E-state index in [1.54, 1.807) is 0 Å². The summed E-state index contributed by atoms with van der Waals surface area (Å²) in [7, 11) is 0. The quantitative estimate of drug-likeness (QED) is 0.689. The fourth-order valence-corrected chi connectivity index (χ4v) is 3.36. The molecule has 2 aromatic rings. The van der Waals surface area contributed by atoms with Crippen LogP contribution in [-0.2, 0) is 6.42 Å². The molecule has 2 rings (SSSR count). The van der Waals surface area contributed by atoms with Gasteiger partial charge in [-0.3, -0.25) is 0 Å². The summed E-state index contributed by atoms with van der Waals surface area (Å²) >= 11 is 1.87. The molecule has 0 saturated heterocycles. The van der Waals surface area contributed by atoms with Crippen molar-refractivity contribution in [3.63, 3.8) is 0 Å². The van der Waals surface area contributed by atoms with E-state index in [4.69, 9.17) is 0 Å². The number of rotatable bonds is 8. The highest BCUT2D eigenvalue weighted by Gasteiger charge is 2.13. The zero-order valence-corrected chi connectivity index (χ0v) is 13.4. The maximum atomic E-state index is 3.59. The van der Waals surface area contributed by atoms with E-state index in [9.17, 15) is 0 Å². The second kappa shape index (κ2) is 8.23. The van der Waals surface area contributed by atoms with Crippen molar-refractivity contribution < 1.29 is 0 Å². The van der Waals surface area contributed by atoms with Gasteiger partial charge in [-0.25, -0.2) is 0 Å². The van der Waals surface area contributed by atoms with E-state index >= 15 is 0 Å². The SMILES string of the molecule is CCCNCC(CCc1cccs1)c1ccccc1C. The lowest BCUT2D eigenvalue weighted by Crippen LogP contribution is -2.23. The number of thiophene rings is 1. The fraction of sp³-hybridized carbons (Fsp3) is 0.444. The zero-order chi connectivity index (χ0) is 14.2. The van der Waals surface area contributed by atoms with Crippen LogP contribution in [0.4, 0.5) is 0 Å². The average Bonchev–Trinajstić information content (AvgIpc) is 2.97. The molecular weight excluding hydrogens is 262 g/mol. The molecule has 0 spiro atoms. The Morgan fingerprint density at radius 2 is 2.00 bits per heavy atom. The van der Waals surface area contributed by atoms with E-state index in [0.717, 1.165) is 13.1 Å². The molecule has 1 heterocycles. The van der Waals surface area contributed by atoms with Crippen LogP contribution in [0.2, 0.25) is 0 Å². The predicted molar refractivity (Wildman–Crippen MR) is 89.7 cm³/mol. The first kappa shape index (κ1) is 15.3. The van der Waals surface area contributed by atoms with Crippen LogP contribution in [0.15, 0.2) is 41.8 Å². The fourth-order valence-electron chi connectivity index (χ4n) is 2.64. The molecule has 0 aliphatic rings. The van der Waals surface area contributed by atoms with Crippen molar-refractivity contribution in [2.24, 2.45) is 0 Å². The van der Waals surface area contributed by atoms with Crippen molar-refractivity contribution >= 4 is 11.3 Å². The summed E-state index contributed by atoms with van der Waals surface area (Å²) in [6, 6.07) is 13.2. The maximum Gasteiger partial charge on any atom is 0.00454 e. The first-order chi connectivity index (χ1) is 9.81. The summed E-state index contributed by atoms with van der Waals surface area (Å²) < 4.78 is 0. The lowest BCUT2D eigenvalue weighted by molar-refractivity contribution is 0.548. The van der Waals surface area contributed by atoms with E-state index in [0.29, 0.717) is 5.92 Å². The Kier molecular flexibility index (Phi) is 6.28. The van der Waals surface area contributed by atoms with Crippen LogP contribution in [0.1, 0.15) is 41.7 Å². The first-order valence-electron chi connectivity index (χ1n) is 7.60. The largest absolute Gasteiger partial charge is 0.316 e. The van der Waals surface area contributed by atoms with E-state index in [1.807, 2.05) is 11.3 Å². The summed E-state index contributed by atoms with van der Waals surface area (Å²) in [5.74, 6) is 0.616. The molecular formula is C18H25NS. The molecule has 1 nitrogen and oxygen atoms in total. The molecule has 0 aliphatic heterocycles. The average molecular weight is 287 g/mol. The standard InChI is InChI=1S/C18H25NS/c1-3-12-19-14-16(10-11-17-8-6-13-20-17)18-9-5-4-7-15(18)2/h4-9,13,16,19H,3,10-12,14H2,1-2H3. The molecule has 1 unspecified atom stereocenters. The normalized spacial score (nSPS) is 12.5. The monoisotopic (exact) mass is 287 g/mol. The van der Waals surface area contributed by atoms with Gasteiger partial charge in [-0.2, -0.15) is 0 Å². The molecule has 20 heavy (non-hydrogen) atoms. The molecule has 1 aromatic heterocycles. The molecule has 2 heteroatoms. The van der Waals surface area contributed by atoms with Gasteiger partial charge in [0.1, 0.15) is 0 Å². The third kappa shape index (κ3) is 4.46. The van der Waals surface area contributed by atoms with Gasteiger partial charge in [0.2, 0.25) is 0 Å². The minimum Gasteiger partial charge on any atom is -0.316 e. The van der Waals surface area contributed by atoms with E-state index in [2.05, 4.69) is 60.9 Å². The molecule has 0 aliphatic carbocycles. The molecule has 0 radical (unpaired) electrons. The van der Waals surface area contributed by atoms with Gasteiger partial charge in [-0.15, -0.1) is 11.3 Å². The van der Waals surface area contributed by atoms with E-state index in [1.165, 1.54) is 35.3 Å². The minimum absolute atomic E-state index is 0.616. The third-order valence-electron chi connectivity index (χ3n) is 3.77. The Balaban J connectivity index is 2.02. The first-order valence-corrected chi connectivity index (χ1v) is 8.48. The van der Waals surface area contributed by atoms with Crippen molar-refractivity contribution in [3.8, 4) is 0 Å². The minimum atomic E-state index is 0.616. The molecule has 0 bridgehead atoms. The number of aryl methyl sites for hydroxylation is 2. The van der Waals surface area contributed by atoms with Crippen LogP contribution in [0.25, 0.3) is 0 Å². The van der Waals surface area contributed by atoms with Crippen LogP contribution >= 0.6 is 11.3 Å². The molecule has 0 amide bonds. The van der Waals surface area contributed by atoms with Crippen LogP contribution in [0.3, 0.4) is 0 Å². The molecule has 1 atom stereocenters. The second-order valence-electron chi connectivity index (χ2n) is 5.38. The Hall–Kier alpha value is -1.12. The van der Waals surface area contributed by atoms with Crippen molar-refractivity contribution in [1.82, 2.24) is 5.32 Å². The highest BCUT2D eigenvalue weighted by molar-refractivity contribution is 7.09. The van der Waals surface area contributed by atoms with Gasteiger partial charge in [0.15, 0.2) is 0 Å². The zero-order valence-electron chi connectivity index (χ0n) is 12.6. The summed E-state index contributed by atoms with van der Waals surface area (Å²) in [5, 5.41) is 5.77. The predicted octanol–water partition coefficient (Wildman–Crippen LogP) is 4.77. The Morgan fingerprint density at radius 3 is 2.70 bits per heavy atom. The smallest absolute Gasteiger partial charge is 0.00454 e. The van der Waals surface area contributed by atoms with Gasteiger partial charge in [0.05, 0.1) is 0 Å². The number of hydrogen-bond acceptors (Lipinski definition) is 2. The molecule has 108 valence electrons. The third-order valence-corrected chi connectivity index (χ3v) is 4.70. The van der Waals surface area contributed by atoms with Gasteiger partial charge in [0.25, 0.3) is 0 Å². The van der Waals surface area contributed by atoms with Crippen LogP contribution in [-0.4, -0.2) is 13.1 Å². The van der Waals surface area contributed by atoms with Crippen LogP contribution in [0, 0.1) is 6.92 Å². The van der Waals surface area contributed by atoms with Crippen LogP contribution in [0.5, 0.6) is 0 Å². The van der Waals surface area contributed by atoms with Crippen LogP contribution < -0.4 is 5.32 Å². The molecule has 0 saturated carbocycles.